The Morgan fingerprint density at radius 2 is 1.60 bits per heavy atom. The van der Waals surface area contributed by atoms with E-state index in [1.165, 1.54) is 12.1 Å². The summed E-state index contributed by atoms with van der Waals surface area (Å²) in [6, 6.07) is 23.9. The maximum Gasteiger partial charge on any atom is 0.255 e. The Hall–Kier alpha value is -3.64. The molecule has 0 spiro atoms. The van der Waals surface area contributed by atoms with Crippen LogP contribution in [0.1, 0.15) is 30.6 Å². The van der Waals surface area contributed by atoms with Gasteiger partial charge in [0.1, 0.15) is 0 Å². The number of nitrogens with one attached hydrogen (secondary N) is 2. The molecule has 0 saturated carbocycles. The normalized spacial score (nSPS) is 15.5. The molecule has 0 radical (unpaired) electrons. The molecule has 1 atom stereocenters. The predicted octanol–water partition coefficient (Wildman–Crippen LogP) is 5.34. The first-order valence-corrected chi connectivity index (χ1v) is 12.1. The summed E-state index contributed by atoms with van der Waals surface area (Å²) >= 11 is 0. The van der Waals surface area contributed by atoms with Crippen LogP contribution in [-0.2, 0) is 4.79 Å². The number of anilines is 3. The van der Waals surface area contributed by atoms with Crippen LogP contribution in [0.4, 0.5) is 17.1 Å². The number of nitrogens with zero attached hydrogens (tertiary/aromatic N) is 2. The third kappa shape index (κ3) is 6.08. The monoisotopic (exact) mass is 470 g/mol. The molecule has 2 amide bonds. The quantitative estimate of drug-likeness (QED) is 0.489. The second-order valence-electron chi connectivity index (χ2n) is 9.66. The van der Waals surface area contributed by atoms with Gasteiger partial charge in [-0.1, -0.05) is 38.1 Å². The van der Waals surface area contributed by atoms with Gasteiger partial charge in [-0.2, -0.15) is 0 Å². The van der Waals surface area contributed by atoms with Gasteiger partial charge < -0.3 is 20.4 Å². The summed E-state index contributed by atoms with van der Waals surface area (Å²) in [7, 11) is 4.26. The number of hydrogen-bond donors (Lipinski definition) is 2. The molecular weight excluding hydrogens is 436 g/mol. The zero-order valence-electron chi connectivity index (χ0n) is 20.9. The van der Waals surface area contributed by atoms with Gasteiger partial charge in [-0.05, 0) is 80.2 Å². The zero-order valence-corrected chi connectivity index (χ0v) is 20.9. The van der Waals surface area contributed by atoms with Crippen molar-refractivity contribution in [2.24, 2.45) is 5.92 Å². The van der Waals surface area contributed by atoms with Gasteiger partial charge in [0.05, 0.1) is 0 Å². The summed E-state index contributed by atoms with van der Waals surface area (Å²) in [4.78, 5) is 29.4. The first kappa shape index (κ1) is 24.5. The number of likely N-dealkylation sites (N-methyl/N-ethyl adjacent to an activating group) is 1. The third-order valence-electron chi connectivity index (χ3n) is 6.52. The van der Waals surface area contributed by atoms with E-state index in [1.54, 1.807) is 0 Å². The lowest BCUT2D eigenvalue weighted by atomic mass is 10.0. The van der Waals surface area contributed by atoms with Gasteiger partial charge >= 0.3 is 0 Å². The number of amides is 2. The molecule has 3 aromatic carbocycles. The molecule has 2 N–H and O–H groups in total. The van der Waals surface area contributed by atoms with Crippen LogP contribution >= 0.6 is 0 Å². The highest BCUT2D eigenvalue weighted by atomic mass is 16.2. The van der Waals surface area contributed by atoms with E-state index in [0.29, 0.717) is 11.6 Å². The second-order valence-corrected chi connectivity index (χ2v) is 9.66. The maximum atomic E-state index is 12.8. The summed E-state index contributed by atoms with van der Waals surface area (Å²) in [5, 5.41) is 5.92. The predicted molar refractivity (Wildman–Crippen MR) is 144 cm³/mol. The van der Waals surface area contributed by atoms with Crippen molar-refractivity contribution < 1.29 is 9.59 Å². The van der Waals surface area contributed by atoms with Gasteiger partial charge in [0.25, 0.3) is 5.91 Å². The van der Waals surface area contributed by atoms with Crippen LogP contribution in [0, 0.1) is 5.92 Å². The van der Waals surface area contributed by atoms with E-state index in [-0.39, 0.29) is 17.7 Å². The molecule has 0 aliphatic carbocycles. The fourth-order valence-electron chi connectivity index (χ4n) is 4.23. The number of benzene rings is 3. The summed E-state index contributed by atoms with van der Waals surface area (Å²) in [6.45, 7) is 5.81. The average Bonchev–Trinajstić information content (AvgIpc) is 3.35. The molecule has 1 heterocycles. The molecule has 1 saturated heterocycles. The molecule has 1 aliphatic heterocycles. The lowest BCUT2D eigenvalue weighted by Crippen LogP contribution is -2.31. The van der Waals surface area contributed by atoms with Crippen molar-refractivity contribution in [2.75, 3.05) is 42.7 Å². The van der Waals surface area contributed by atoms with Crippen molar-refractivity contribution in [3.63, 3.8) is 0 Å². The van der Waals surface area contributed by atoms with Crippen molar-refractivity contribution in [2.45, 2.75) is 26.3 Å². The molecule has 35 heavy (non-hydrogen) atoms. The van der Waals surface area contributed by atoms with Crippen molar-refractivity contribution in [1.29, 1.82) is 0 Å². The topological polar surface area (TPSA) is 64.7 Å². The van der Waals surface area contributed by atoms with Crippen LogP contribution in [0.3, 0.4) is 0 Å². The van der Waals surface area contributed by atoms with Gasteiger partial charge in [0.2, 0.25) is 5.91 Å². The Bertz CT molecular complexity index is 1170. The highest BCUT2D eigenvalue weighted by Crippen LogP contribution is 2.25. The van der Waals surface area contributed by atoms with Crippen LogP contribution in [0.5, 0.6) is 0 Å². The highest BCUT2D eigenvalue weighted by molar-refractivity contribution is 6.04. The number of carbonyl (C=O) groups is 2. The molecule has 6 nitrogen and oxygen atoms in total. The summed E-state index contributed by atoms with van der Waals surface area (Å²) < 4.78 is 0. The Kier molecular flexibility index (Phi) is 7.51. The molecular formula is C29H34N4O2. The molecule has 1 fully saturated rings. The number of hydrogen-bond acceptors (Lipinski definition) is 4. The van der Waals surface area contributed by atoms with E-state index in [1.807, 2.05) is 74.5 Å². The largest absolute Gasteiger partial charge is 0.370 e. The van der Waals surface area contributed by atoms with Gasteiger partial charge in [0.15, 0.2) is 0 Å². The second kappa shape index (κ2) is 10.7. The lowest BCUT2D eigenvalue weighted by molar-refractivity contribution is -0.118. The number of carbonyl (C=O) groups excluding carboxylic acids is 2. The molecule has 3 aromatic rings. The maximum absolute atomic E-state index is 12.8. The highest BCUT2D eigenvalue weighted by Gasteiger charge is 2.24. The Balaban J connectivity index is 1.38. The third-order valence-corrected chi connectivity index (χ3v) is 6.52. The summed E-state index contributed by atoms with van der Waals surface area (Å²) in [5.41, 5.74) is 5.28. The van der Waals surface area contributed by atoms with Gasteiger partial charge in [-0.3, -0.25) is 9.59 Å². The Labute approximate surface area is 207 Å². The number of rotatable bonds is 7. The lowest BCUT2D eigenvalue weighted by Gasteiger charge is -2.22. The minimum absolute atomic E-state index is 0.0135. The molecule has 1 aliphatic rings. The molecule has 1 unspecified atom stereocenters. The molecule has 0 aromatic heterocycles. The average molecular weight is 471 g/mol. The first-order chi connectivity index (χ1) is 16.8. The minimum atomic E-state index is -0.143. The summed E-state index contributed by atoms with van der Waals surface area (Å²) in [5.74, 6) is -0.236. The fourth-order valence-corrected chi connectivity index (χ4v) is 4.23. The minimum Gasteiger partial charge on any atom is -0.370 e. The van der Waals surface area contributed by atoms with Crippen LogP contribution in [-0.4, -0.2) is 49.9 Å². The Morgan fingerprint density at radius 1 is 0.886 bits per heavy atom. The zero-order chi connectivity index (χ0) is 24.9. The van der Waals surface area contributed by atoms with E-state index in [9.17, 15) is 9.59 Å². The van der Waals surface area contributed by atoms with Crippen LogP contribution in [0.15, 0.2) is 72.8 Å². The molecule has 182 valence electrons. The SMILES string of the molecule is CC(C)C(=O)Nc1cccc(-c2ccc(C(=O)Nc3ccc(N4CCC(N(C)C)C4)cc3)cc2)c1. The van der Waals surface area contributed by atoms with Gasteiger partial charge in [-0.25, -0.2) is 0 Å². The molecule has 0 bridgehead atoms. The van der Waals surface area contributed by atoms with E-state index in [2.05, 4.69) is 46.7 Å². The van der Waals surface area contributed by atoms with Crippen molar-refractivity contribution in [1.82, 2.24) is 4.90 Å². The summed E-state index contributed by atoms with van der Waals surface area (Å²) in [6.07, 6.45) is 1.17. The van der Waals surface area contributed by atoms with Gasteiger partial charge in [0, 0.05) is 47.7 Å². The van der Waals surface area contributed by atoms with E-state index in [4.69, 9.17) is 0 Å². The van der Waals surface area contributed by atoms with Crippen LogP contribution in [0.2, 0.25) is 0 Å². The van der Waals surface area contributed by atoms with Crippen molar-refractivity contribution >= 4 is 28.9 Å². The standard InChI is InChI=1S/C29H34N4O2/c1-20(2)28(34)31-25-7-5-6-23(18-25)21-8-10-22(11-9-21)29(35)30-24-12-14-26(15-13-24)33-17-16-27(19-33)32(3)4/h5-15,18,20,27H,16-17,19H2,1-4H3,(H,30,35)(H,31,34). The van der Waals surface area contributed by atoms with E-state index >= 15 is 0 Å². The van der Waals surface area contributed by atoms with Crippen LogP contribution < -0.4 is 15.5 Å². The van der Waals surface area contributed by atoms with Gasteiger partial charge in [-0.15, -0.1) is 0 Å². The van der Waals surface area contributed by atoms with Crippen molar-refractivity contribution in [3.8, 4) is 11.1 Å². The van der Waals surface area contributed by atoms with E-state index in [0.717, 1.165) is 35.6 Å². The first-order valence-electron chi connectivity index (χ1n) is 12.1. The Morgan fingerprint density at radius 3 is 2.23 bits per heavy atom. The molecule has 6 heteroatoms. The van der Waals surface area contributed by atoms with Crippen LogP contribution in [0.25, 0.3) is 11.1 Å². The molecule has 4 rings (SSSR count). The fraction of sp³-hybridized carbons (Fsp3) is 0.310. The smallest absolute Gasteiger partial charge is 0.255 e. The van der Waals surface area contributed by atoms with Crippen molar-refractivity contribution in [3.05, 3.63) is 78.4 Å². The van der Waals surface area contributed by atoms with E-state index < -0.39 is 0 Å².